The Morgan fingerprint density at radius 2 is 2.10 bits per heavy atom. The van der Waals surface area contributed by atoms with Gasteiger partial charge in [0.05, 0.1) is 4.70 Å². The van der Waals surface area contributed by atoms with E-state index in [1.165, 1.54) is 10.3 Å². The highest BCUT2D eigenvalue weighted by atomic mass is 32.1. The number of hydrogen-bond donors (Lipinski definition) is 2. The summed E-state index contributed by atoms with van der Waals surface area (Å²) < 4.78 is 6.80. The number of hydrogen-bond acceptors (Lipinski definition) is 5. The first-order valence-electron chi connectivity index (χ1n) is 10.8. The molecule has 0 unspecified atom stereocenters. The third kappa shape index (κ3) is 5.02. The predicted octanol–water partition coefficient (Wildman–Crippen LogP) is 5.29. The molecule has 4 rings (SSSR count). The van der Waals surface area contributed by atoms with Crippen LogP contribution in [-0.2, 0) is 0 Å². The van der Waals surface area contributed by atoms with Crippen LogP contribution in [0.15, 0.2) is 34.2 Å². The van der Waals surface area contributed by atoms with E-state index in [9.17, 15) is 4.79 Å². The first-order chi connectivity index (χ1) is 14.6. The largest absolute Gasteiger partial charge is 0.355 e. The Hall–Kier alpha value is -2.38. The van der Waals surface area contributed by atoms with E-state index in [0.29, 0.717) is 12.5 Å². The first-order valence-corrected chi connectivity index (χ1v) is 11.7. The van der Waals surface area contributed by atoms with Crippen LogP contribution in [0.2, 0.25) is 0 Å². The van der Waals surface area contributed by atoms with Gasteiger partial charge in [-0.3, -0.25) is 0 Å². The topological polar surface area (TPSA) is 70.4 Å². The molecule has 7 heteroatoms. The van der Waals surface area contributed by atoms with E-state index in [2.05, 4.69) is 33.0 Å². The van der Waals surface area contributed by atoms with Gasteiger partial charge in [0.15, 0.2) is 5.58 Å². The molecule has 1 fully saturated rings. The Balaban J connectivity index is 1.12. The lowest BCUT2D eigenvalue weighted by Gasteiger charge is -2.31. The first kappa shape index (κ1) is 20.9. The molecule has 0 saturated carbocycles. The molecule has 1 aliphatic heterocycles. The number of piperidine rings is 1. The minimum atomic E-state index is -0.135. The number of carbonyl (C=O) groups excluding carboxylic acids is 1. The molecule has 2 aromatic heterocycles. The maximum atomic E-state index is 12.0. The second-order valence-corrected chi connectivity index (χ2v) is 9.10. The Labute approximate surface area is 181 Å². The lowest BCUT2D eigenvalue weighted by Crippen LogP contribution is -2.34. The number of rotatable bonds is 7. The highest BCUT2D eigenvalue weighted by Gasteiger charge is 2.25. The number of benzene rings is 1. The van der Waals surface area contributed by atoms with Crippen molar-refractivity contribution in [1.82, 2.24) is 15.4 Å². The van der Waals surface area contributed by atoms with Gasteiger partial charge in [0.1, 0.15) is 5.69 Å². The van der Waals surface area contributed by atoms with E-state index < -0.39 is 0 Å². The molecule has 1 aromatic carbocycles. The monoisotopic (exact) mass is 426 g/mol. The molecule has 0 atom stereocenters. The average molecular weight is 427 g/mol. The summed E-state index contributed by atoms with van der Waals surface area (Å²) in [5.41, 5.74) is 5.28. The number of thiophene rings is 1. The molecule has 0 aliphatic carbocycles. The van der Waals surface area contributed by atoms with Gasteiger partial charge >= 0.3 is 6.03 Å². The number of aryl methyl sites for hydroxylation is 2. The van der Waals surface area contributed by atoms with Crippen LogP contribution < -0.4 is 10.6 Å². The van der Waals surface area contributed by atoms with Crippen molar-refractivity contribution in [2.45, 2.75) is 45.4 Å². The van der Waals surface area contributed by atoms with Crippen molar-refractivity contribution in [3.63, 3.8) is 0 Å². The summed E-state index contributed by atoms with van der Waals surface area (Å²) in [6, 6.07) is 7.69. The Morgan fingerprint density at radius 1 is 1.27 bits per heavy atom. The molecule has 0 spiro atoms. The number of nitrogens with one attached hydrogen (secondary N) is 2. The summed E-state index contributed by atoms with van der Waals surface area (Å²) >= 11 is 1.75. The Kier molecular flexibility index (Phi) is 6.69. The fourth-order valence-electron chi connectivity index (χ4n) is 4.11. The van der Waals surface area contributed by atoms with Crippen LogP contribution >= 0.6 is 11.3 Å². The molecular weight excluding hydrogens is 396 g/mol. The zero-order valence-electron chi connectivity index (χ0n) is 17.7. The van der Waals surface area contributed by atoms with Gasteiger partial charge in [-0.1, -0.05) is 17.3 Å². The van der Waals surface area contributed by atoms with Crippen LogP contribution in [-0.4, -0.2) is 42.3 Å². The summed E-state index contributed by atoms with van der Waals surface area (Å²) in [5, 5.41) is 12.4. The molecule has 0 bridgehead atoms. The SMILES string of the molecule is Cc1cccc(NC(=O)NCCCCN2CCC(c3noc4c(C)csc34)CC2)c1. The van der Waals surface area contributed by atoms with Gasteiger partial charge in [0.2, 0.25) is 0 Å². The molecule has 1 aliphatic rings. The number of unbranched alkanes of at least 4 members (excludes halogenated alkanes) is 1. The molecular formula is C23H30N4O2S. The third-order valence-corrected chi connectivity index (χ3v) is 6.92. The minimum absolute atomic E-state index is 0.135. The summed E-state index contributed by atoms with van der Waals surface area (Å²) in [7, 11) is 0. The summed E-state index contributed by atoms with van der Waals surface area (Å²) in [4.78, 5) is 14.5. The number of aromatic nitrogens is 1. The molecule has 3 heterocycles. The lowest BCUT2D eigenvalue weighted by atomic mass is 9.93. The molecule has 160 valence electrons. The highest BCUT2D eigenvalue weighted by Crippen LogP contribution is 2.36. The number of anilines is 1. The fraction of sp³-hybridized carbons (Fsp3) is 0.478. The number of fused-ring (bicyclic) bond motifs is 1. The zero-order chi connectivity index (χ0) is 20.9. The normalized spacial score (nSPS) is 15.5. The van der Waals surface area contributed by atoms with Crippen LogP contribution in [0.3, 0.4) is 0 Å². The fourth-order valence-corrected chi connectivity index (χ4v) is 5.14. The van der Waals surface area contributed by atoms with E-state index in [1.54, 1.807) is 11.3 Å². The Bertz CT molecular complexity index is 988. The molecule has 30 heavy (non-hydrogen) atoms. The lowest BCUT2D eigenvalue weighted by molar-refractivity contribution is 0.205. The molecule has 0 radical (unpaired) electrons. The van der Waals surface area contributed by atoms with E-state index in [4.69, 9.17) is 4.52 Å². The van der Waals surface area contributed by atoms with Crippen LogP contribution in [0.5, 0.6) is 0 Å². The molecule has 3 aromatic rings. The van der Waals surface area contributed by atoms with Crippen molar-refractivity contribution < 1.29 is 9.32 Å². The second-order valence-electron chi connectivity index (χ2n) is 8.22. The second kappa shape index (κ2) is 9.62. The maximum absolute atomic E-state index is 12.0. The molecule has 1 saturated heterocycles. The van der Waals surface area contributed by atoms with Crippen molar-refractivity contribution >= 4 is 33.3 Å². The van der Waals surface area contributed by atoms with Crippen LogP contribution in [0.1, 0.15) is 48.4 Å². The van der Waals surface area contributed by atoms with Gasteiger partial charge in [-0.25, -0.2) is 4.79 Å². The smallest absolute Gasteiger partial charge is 0.319 e. The van der Waals surface area contributed by atoms with Gasteiger partial charge in [-0.2, -0.15) is 0 Å². The number of nitrogens with zero attached hydrogens (tertiary/aromatic N) is 2. The van der Waals surface area contributed by atoms with Gasteiger partial charge in [0, 0.05) is 23.7 Å². The number of urea groups is 1. The van der Waals surface area contributed by atoms with E-state index in [0.717, 1.165) is 67.8 Å². The summed E-state index contributed by atoms with van der Waals surface area (Å²) in [6.07, 6.45) is 4.35. The van der Waals surface area contributed by atoms with E-state index in [1.807, 2.05) is 31.2 Å². The van der Waals surface area contributed by atoms with Crippen molar-refractivity contribution in [2.24, 2.45) is 0 Å². The highest BCUT2D eigenvalue weighted by molar-refractivity contribution is 7.17. The molecule has 2 amide bonds. The molecule has 2 N–H and O–H groups in total. The zero-order valence-corrected chi connectivity index (χ0v) is 18.6. The number of amides is 2. The van der Waals surface area contributed by atoms with Gasteiger partial charge < -0.3 is 20.1 Å². The average Bonchev–Trinajstić information content (AvgIpc) is 3.31. The number of carbonyl (C=O) groups is 1. The van der Waals surface area contributed by atoms with Crippen LogP contribution in [0.4, 0.5) is 10.5 Å². The predicted molar refractivity (Wildman–Crippen MR) is 122 cm³/mol. The van der Waals surface area contributed by atoms with Crippen molar-refractivity contribution in [2.75, 3.05) is 31.5 Å². The van der Waals surface area contributed by atoms with Crippen LogP contribution in [0, 0.1) is 13.8 Å². The third-order valence-electron chi connectivity index (χ3n) is 5.82. The maximum Gasteiger partial charge on any atom is 0.319 e. The van der Waals surface area contributed by atoms with Gasteiger partial charge in [-0.15, -0.1) is 11.3 Å². The van der Waals surface area contributed by atoms with E-state index in [-0.39, 0.29) is 6.03 Å². The van der Waals surface area contributed by atoms with Crippen molar-refractivity contribution in [1.29, 1.82) is 0 Å². The van der Waals surface area contributed by atoms with Crippen molar-refractivity contribution in [3.05, 3.63) is 46.5 Å². The molecule has 6 nitrogen and oxygen atoms in total. The van der Waals surface area contributed by atoms with Crippen LogP contribution in [0.25, 0.3) is 10.3 Å². The van der Waals surface area contributed by atoms with Gasteiger partial charge in [0.25, 0.3) is 0 Å². The quantitative estimate of drug-likeness (QED) is 0.504. The Morgan fingerprint density at radius 3 is 2.90 bits per heavy atom. The van der Waals surface area contributed by atoms with E-state index >= 15 is 0 Å². The summed E-state index contributed by atoms with van der Waals surface area (Å²) in [6.45, 7) is 8.08. The summed E-state index contributed by atoms with van der Waals surface area (Å²) in [5.74, 6) is 0.507. The number of likely N-dealkylation sites (tertiary alicyclic amines) is 1. The standard InChI is InChI=1S/C23H30N4O2S/c1-16-6-5-7-19(14-16)25-23(28)24-10-3-4-11-27-12-8-18(9-13-27)20-22-21(29-26-20)17(2)15-30-22/h5-7,14-15,18H,3-4,8-13H2,1-2H3,(H2,24,25,28). The van der Waals surface area contributed by atoms with Gasteiger partial charge in [-0.05, 0) is 82.2 Å². The van der Waals surface area contributed by atoms with Crippen molar-refractivity contribution in [3.8, 4) is 0 Å². The minimum Gasteiger partial charge on any atom is -0.355 e.